The largest absolute Gasteiger partial charge is 0.496 e. The topological polar surface area (TPSA) is 79.2 Å². The Labute approximate surface area is 119 Å². The van der Waals surface area contributed by atoms with E-state index < -0.39 is 9.84 Å². The Morgan fingerprint density at radius 2 is 2.30 bits per heavy atom. The Hall–Kier alpha value is -1.58. The molecule has 0 spiro atoms. The second-order valence-corrected chi connectivity index (χ2v) is 7.27. The van der Waals surface area contributed by atoms with Crippen LogP contribution in [-0.2, 0) is 16.4 Å². The number of hydrogen-bond acceptors (Lipinski definition) is 5. The normalized spacial score (nSPS) is 20.5. The van der Waals surface area contributed by atoms with Gasteiger partial charge in [-0.05, 0) is 37.1 Å². The summed E-state index contributed by atoms with van der Waals surface area (Å²) < 4.78 is 28.0. The first-order chi connectivity index (χ1) is 9.54. The highest BCUT2D eigenvalue weighted by atomic mass is 32.2. The van der Waals surface area contributed by atoms with E-state index in [1.807, 2.05) is 0 Å². The van der Waals surface area contributed by atoms with Crippen LogP contribution < -0.4 is 10.1 Å². The number of hydrogen-bond donors (Lipinski definition) is 1. The molecule has 1 aromatic carbocycles. The molecule has 0 saturated carbocycles. The number of nitriles is 1. The lowest BCUT2D eigenvalue weighted by atomic mass is 10.1. The van der Waals surface area contributed by atoms with E-state index in [0.29, 0.717) is 24.4 Å². The molecule has 1 saturated heterocycles. The standard InChI is InChI=1S/C14H18N2O3S/c1-19-14-3-2-11(7-15)6-13(14)9-16-8-12-4-5-20(17,18)10-12/h2-3,6,12,16H,4-5,8-10H2,1H3. The van der Waals surface area contributed by atoms with Crippen LogP contribution >= 0.6 is 0 Å². The van der Waals surface area contributed by atoms with Gasteiger partial charge >= 0.3 is 0 Å². The lowest BCUT2D eigenvalue weighted by molar-refractivity contribution is 0.406. The smallest absolute Gasteiger partial charge is 0.150 e. The van der Waals surface area contributed by atoms with Gasteiger partial charge in [0.15, 0.2) is 9.84 Å². The number of rotatable bonds is 5. The minimum absolute atomic E-state index is 0.185. The van der Waals surface area contributed by atoms with E-state index in [-0.39, 0.29) is 11.7 Å². The molecule has 0 bridgehead atoms. The monoisotopic (exact) mass is 294 g/mol. The van der Waals surface area contributed by atoms with Gasteiger partial charge in [-0.25, -0.2) is 8.42 Å². The fraction of sp³-hybridized carbons (Fsp3) is 0.500. The van der Waals surface area contributed by atoms with Crippen molar-refractivity contribution < 1.29 is 13.2 Å². The Morgan fingerprint density at radius 1 is 1.50 bits per heavy atom. The molecule has 0 amide bonds. The number of ether oxygens (including phenoxy) is 1. The van der Waals surface area contributed by atoms with Crippen LogP contribution in [0.5, 0.6) is 5.75 Å². The third kappa shape index (κ3) is 3.71. The van der Waals surface area contributed by atoms with Crippen molar-refractivity contribution >= 4 is 9.84 Å². The number of nitrogens with one attached hydrogen (secondary N) is 1. The van der Waals surface area contributed by atoms with E-state index in [0.717, 1.165) is 17.7 Å². The molecule has 1 aromatic rings. The van der Waals surface area contributed by atoms with E-state index in [1.54, 1.807) is 25.3 Å². The van der Waals surface area contributed by atoms with Gasteiger partial charge in [-0.3, -0.25) is 0 Å². The van der Waals surface area contributed by atoms with Crippen molar-refractivity contribution in [1.82, 2.24) is 5.32 Å². The second-order valence-electron chi connectivity index (χ2n) is 5.04. The molecule has 1 aliphatic rings. The van der Waals surface area contributed by atoms with Crippen molar-refractivity contribution in [2.45, 2.75) is 13.0 Å². The molecule has 2 rings (SSSR count). The van der Waals surface area contributed by atoms with Gasteiger partial charge in [-0.15, -0.1) is 0 Å². The maximum absolute atomic E-state index is 11.4. The van der Waals surface area contributed by atoms with Crippen molar-refractivity contribution in [2.24, 2.45) is 5.92 Å². The first-order valence-corrected chi connectivity index (χ1v) is 8.34. The summed E-state index contributed by atoms with van der Waals surface area (Å²) in [5, 5.41) is 12.2. The molecular weight excluding hydrogens is 276 g/mol. The summed E-state index contributed by atoms with van der Waals surface area (Å²) in [5.74, 6) is 1.49. The van der Waals surface area contributed by atoms with Gasteiger partial charge in [-0.1, -0.05) is 0 Å². The van der Waals surface area contributed by atoms with Crippen LogP contribution in [0.25, 0.3) is 0 Å². The summed E-state index contributed by atoms with van der Waals surface area (Å²) in [7, 11) is -1.23. The molecule has 20 heavy (non-hydrogen) atoms. The van der Waals surface area contributed by atoms with Crippen molar-refractivity contribution in [3.63, 3.8) is 0 Å². The fourth-order valence-electron chi connectivity index (χ4n) is 2.43. The number of methoxy groups -OCH3 is 1. The van der Waals surface area contributed by atoms with Crippen LogP contribution in [0.4, 0.5) is 0 Å². The van der Waals surface area contributed by atoms with Crippen LogP contribution in [0.15, 0.2) is 18.2 Å². The summed E-state index contributed by atoms with van der Waals surface area (Å²) >= 11 is 0. The van der Waals surface area contributed by atoms with Gasteiger partial charge in [0.05, 0.1) is 30.2 Å². The van der Waals surface area contributed by atoms with Crippen LogP contribution in [-0.4, -0.2) is 33.6 Å². The number of sulfone groups is 1. The van der Waals surface area contributed by atoms with Crippen LogP contribution in [0.1, 0.15) is 17.5 Å². The summed E-state index contributed by atoms with van der Waals surface area (Å²) in [6.07, 6.45) is 0.727. The predicted octanol–water partition coefficient (Wildman–Crippen LogP) is 1.09. The highest BCUT2D eigenvalue weighted by molar-refractivity contribution is 7.91. The van der Waals surface area contributed by atoms with E-state index in [9.17, 15) is 8.42 Å². The summed E-state index contributed by atoms with van der Waals surface area (Å²) in [6.45, 7) is 1.23. The predicted molar refractivity (Wildman–Crippen MR) is 76.2 cm³/mol. The molecule has 5 nitrogen and oxygen atoms in total. The number of benzene rings is 1. The molecule has 0 aliphatic carbocycles. The van der Waals surface area contributed by atoms with Gasteiger partial charge in [0.1, 0.15) is 5.75 Å². The Balaban J connectivity index is 1.92. The molecule has 1 fully saturated rings. The highest BCUT2D eigenvalue weighted by Gasteiger charge is 2.27. The van der Waals surface area contributed by atoms with Gasteiger partial charge in [0.25, 0.3) is 0 Å². The zero-order chi connectivity index (χ0) is 14.6. The molecule has 6 heteroatoms. The maximum atomic E-state index is 11.4. The lowest BCUT2D eigenvalue weighted by Crippen LogP contribution is -2.23. The Morgan fingerprint density at radius 3 is 2.90 bits per heavy atom. The first-order valence-electron chi connectivity index (χ1n) is 6.52. The van der Waals surface area contributed by atoms with Crippen LogP contribution in [0.3, 0.4) is 0 Å². The van der Waals surface area contributed by atoms with E-state index in [2.05, 4.69) is 11.4 Å². The van der Waals surface area contributed by atoms with Crippen molar-refractivity contribution in [1.29, 1.82) is 5.26 Å². The average molecular weight is 294 g/mol. The molecule has 1 aliphatic heterocycles. The molecule has 108 valence electrons. The van der Waals surface area contributed by atoms with E-state index >= 15 is 0 Å². The van der Waals surface area contributed by atoms with Crippen molar-refractivity contribution in [3.8, 4) is 11.8 Å². The Bertz CT molecular complexity index is 620. The highest BCUT2D eigenvalue weighted by Crippen LogP contribution is 2.21. The van der Waals surface area contributed by atoms with Crippen molar-refractivity contribution in [3.05, 3.63) is 29.3 Å². The summed E-state index contributed by atoms with van der Waals surface area (Å²) in [6, 6.07) is 7.37. The van der Waals surface area contributed by atoms with Gasteiger partial charge in [0, 0.05) is 12.1 Å². The molecule has 0 aromatic heterocycles. The molecule has 1 N–H and O–H groups in total. The molecule has 0 radical (unpaired) electrons. The third-order valence-electron chi connectivity index (χ3n) is 3.48. The molecule has 1 heterocycles. The van der Waals surface area contributed by atoms with Gasteiger partial charge in [-0.2, -0.15) is 5.26 Å². The average Bonchev–Trinajstić information content (AvgIpc) is 2.78. The van der Waals surface area contributed by atoms with Gasteiger partial charge in [0.2, 0.25) is 0 Å². The molecule has 1 unspecified atom stereocenters. The minimum Gasteiger partial charge on any atom is -0.496 e. The van der Waals surface area contributed by atoms with Gasteiger partial charge < -0.3 is 10.1 Å². The van der Waals surface area contributed by atoms with Crippen LogP contribution in [0.2, 0.25) is 0 Å². The summed E-state index contributed by atoms with van der Waals surface area (Å²) in [5.41, 5.74) is 1.50. The molecular formula is C14H18N2O3S. The second kappa shape index (κ2) is 6.25. The van der Waals surface area contributed by atoms with Crippen molar-refractivity contribution in [2.75, 3.05) is 25.2 Å². The van der Waals surface area contributed by atoms with E-state index in [4.69, 9.17) is 10.00 Å². The first kappa shape index (κ1) is 14.8. The fourth-order valence-corrected chi connectivity index (χ4v) is 4.29. The zero-order valence-electron chi connectivity index (χ0n) is 11.4. The Kier molecular flexibility index (Phi) is 4.63. The minimum atomic E-state index is -2.82. The van der Waals surface area contributed by atoms with E-state index in [1.165, 1.54) is 0 Å². The SMILES string of the molecule is COc1ccc(C#N)cc1CNCC1CCS(=O)(=O)C1. The quantitative estimate of drug-likeness (QED) is 0.879. The maximum Gasteiger partial charge on any atom is 0.150 e. The zero-order valence-corrected chi connectivity index (χ0v) is 12.2. The summed E-state index contributed by atoms with van der Waals surface area (Å²) in [4.78, 5) is 0. The third-order valence-corrected chi connectivity index (χ3v) is 5.32. The lowest BCUT2D eigenvalue weighted by Gasteiger charge is -2.12. The van der Waals surface area contributed by atoms with Crippen LogP contribution in [0, 0.1) is 17.2 Å². The molecule has 1 atom stereocenters. The number of nitrogens with zero attached hydrogens (tertiary/aromatic N) is 1.